The summed E-state index contributed by atoms with van der Waals surface area (Å²) in [5.41, 5.74) is 1.59. The van der Waals surface area contributed by atoms with E-state index in [1.54, 1.807) is 24.3 Å². The summed E-state index contributed by atoms with van der Waals surface area (Å²) in [6.45, 7) is 2.30. The highest BCUT2D eigenvalue weighted by molar-refractivity contribution is 7.15. The molecule has 0 unspecified atom stereocenters. The number of halogens is 1. The molecule has 0 atom stereocenters. The third kappa shape index (κ3) is 4.31. The van der Waals surface area contributed by atoms with E-state index in [4.69, 9.17) is 16.3 Å². The number of hydrogen-bond donors (Lipinski definition) is 1. The van der Waals surface area contributed by atoms with Crippen LogP contribution in [-0.2, 0) is 6.61 Å². The fraction of sp³-hybridized carbons (Fsp3) is 0.118. The second-order valence-electron chi connectivity index (χ2n) is 5.07. The first-order valence-corrected chi connectivity index (χ1v) is 8.38. The lowest BCUT2D eigenvalue weighted by Gasteiger charge is -2.03. The van der Waals surface area contributed by atoms with E-state index >= 15 is 0 Å². The molecular weight excluding hydrogens is 346 g/mol. The molecule has 2 aromatic carbocycles. The van der Waals surface area contributed by atoms with Gasteiger partial charge in [0.15, 0.2) is 5.01 Å². The molecule has 0 aliphatic carbocycles. The predicted molar refractivity (Wildman–Crippen MR) is 94.8 cm³/mol. The molecule has 3 rings (SSSR count). The first-order valence-electron chi connectivity index (χ1n) is 7.19. The summed E-state index contributed by atoms with van der Waals surface area (Å²) in [7, 11) is 0. The summed E-state index contributed by atoms with van der Waals surface area (Å²) < 4.78 is 5.67. The summed E-state index contributed by atoms with van der Waals surface area (Å²) in [5.74, 6) is 0.495. The van der Waals surface area contributed by atoms with Gasteiger partial charge in [0.25, 0.3) is 5.91 Å². The van der Waals surface area contributed by atoms with Crippen molar-refractivity contribution in [3.63, 3.8) is 0 Å². The Bertz CT molecular complexity index is 866. The minimum absolute atomic E-state index is 0.278. The zero-order valence-electron chi connectivity index (χ0n) is 12.8. The van der Waals surface area contributed by atoms with E-state index in [2.05, 4.69) is 15.5 Å². The van der Waals surface area contributed by atoms with Crippen molar-refractivity contribution in [3.8, 4) is 5.75 Å². The van der Waals surface area contributed by atoms with Crippen LogP contribution in [0, 0.1) is 6.92 Å². The smallest absolute Gasteiger partial charge is 0.257 e. The number of carbonyl (C=O) groups excluding carboxylic acids is 1. The second-order valence-corrected chi connectivity index (χ2v) is 6.57. The number of ether oxygens (including phenoxy) is 1. The Labute approximate surface area is 148 Å². The molecule has 5 nitrogen and oxygen atoms in total. The number of aromatic nitrogens is 2. The summed E-state index contributed by atoms with van der Waals surface area (Å²) in [6.07, 6.45) is 0. The van der Waals surface area contributed by atoms with Crippen molar-refractivity contribution >= 4 is 34.0 Å². The maximum Gasteiger partial charge on any atom is 0.257 e. The lowest BCUT2D eigenvalue weighted by atomic mass is 10.2. The molecule has 0 spiro atoms. The molecule has 0 saturated heterocycles. The molecule has 122 valence electrons. The van der Waals surface area contributed by atoms with Gasteiger partial charge in [-0.3, -0.25) is 10.1 Å². The van der Waals surface area contributed by atoms with Crippen LogP contribution in [0.2, 0.25) is 5.02 Å². The first kappa shape index (κ1) is 16.4. The topological polar surface area (TPSA) is 64.1 Å². The van der Waals surface area contributed by atoms with Gasteiger partial charge in [0.05, 0.1) is 0 Å². The minimum atomic E-state index is -0.278. The number of anilines is 1. The molecule has 24 heavy (non-hydrogen) atoms. The zero-order chi connectivity index (χ0) is 16.9. The van der Waals surface area contributed by atoms with Gasteiger partial charge in [0.2, 0.25) is 5.13 Å². The molecule has 0 saturated carbocycles. The first-order chi connectivity index (χ1) is 11.6. The van der Waals surface area contributed by atoms with Gasteiger partial charge < -0.3 is 4.74 Å². The number of benzene rings is 2. The predicted octanol–water partition coefficient (Wildman–Crippen LogP) is 4.33. The Morgan fingerprint density at radius 1 is 1.21 bits per heavy atom. The Hall–Kier alpha value is -2.44. The molecule has 3 aromatic rings. The van der Waals surface area contributed by atoms with E-state index in [1.807, 2.05) is 31.2 Å². The number of carbonyl (C=O) groups is 1. The molecule has 0 aliphatic heterocycles. The molecule has 0 fully saturated rings. The number of nitrogens with zero attached hydrogens (tertiary/aromatic N) is 2. The molecule has 0 aliphatic rings. The van der Waals surface area contributed by atoms with Crippen LogP contribution in [-0.4, -0.2) is 16.1 Å². The lowest BCUT2D eigenvalue weighted by molar-refractivity contribution is 0.102. The number of hydrogen-bond acceptors (Lipinski definition) is 5. The average Bonchev–Trinajstić information content (AvgIpc) is 3.00. The highest BCUT2D eigenvalue weighted by atomic mass is 35.5. The molecule has 0 radical (unpaired) electrons. The van der Waals surface area contributed by atoms with Crippen LogP contribution in [0.5, 0.6) is 5.75 Å². The fourth-order valence-electron chi connectivity index (χ4n) is 2.01. The van der Waals surface area contributed by atoms with Crippen molar-refractivity contribution < 1.29 is 9.53 Å². The Morgan fingerprint density at radius 2 is 2.04 bits per heavy atom. The van der Waals surface area contributed by atoms with Crippen molar-refractivity contribution in [1.82, 2.24) is 10.2 Å². The normalized spacial score (nSPS) is 10.4. The van der Waals surface area contributed by atoms with E-state index in [0.717, 1.165) is 11.3 Å². The van der Waals surface area contributed by atoms with Crippen molar-refractivity contribution in [1.29, 1.82) is 0 Å². The van der Waals surface area contributed by atoms with E-state index in [0.29, 0.717) is 27.3 Å². The largest absolute Gasteiger partial charge is 0.486 e. The third-order valence-electron chi connectivity index (χ3n) is 3.13. The maximum absolute atomic E-state index is 12.1. The molecule has 1 N–H and O–H groups in total. The molecule has 1 heterocycles. The van der Waals surface area contributed by atoms with Gasteiger partial charge in [-0.2, -0.15) is 0 Å². The van der Waals surface area contributed by atoms with Crippen LogP contribution in [0.3, 0.4) is 0 Å². The van der Waals surface area contributed by atoms with Crippen LogP contribution < -0.4 is 10.1 Å². The van der Waals surface area contributed by atoms with Gasteiger partial charge in [-0.15, -0.1) is 10.2 Å². The van der Waals surface area contributed by atoms with Gasteiger partial charge in [-0.25, -0.2) is 0 Å². The summed E-state index contributed by atoms with van der Waals surface area (Å²) >= 11 is 7.16. The van der Waals surface area contributed by atoms with Gasteiger partial charge in [-0.1, -0.05) is 41.1 Å². The van der Waals surface area contributed by atoms with Gasteiger partial charge in [0.1, 0.15) is 12.4 Å². The average molecular weight is 360 g/mol. The van der Waals surface area contributed by atoms with Crippen LogP contribution in [0.15, 0.2) is 48.5 Å². The van der Waals surface area contributed by atoms with Crippen molar-refractivity contribution in [3.05, 3.63) is 69.7 Å². The third-order valence-corrected chi connectivity index (χ3v) is 4.17. The molecule has 1 aromatic heterocycles. The standard InChI is InChI=1S/C17H14ClN3O2S/c1-11-4-2-7-14(8-11)23-10-15-20-21-17(24-15)19-16(22)12-5-3-6-13(18)9-12/h2-9H,10H2,1H3,(H,19,21,22). The van der Waals surface area contributed by atoms with Gasteiger partial charge in [0, 0.05) is 10.6 Å². The van der Waals surface area contributed by atoms with E-state index in [9.17, 15) is 4.79 Å². The number of rotatable bonds is 5. The van der Waals surface area contributed by atoms with E-state index < -0.39 is 0 Å². The zero-order valence-corrected chi connectivity index (χ0v) is 14.4. The highest BCUT2D eigenvalue weighted by Crippen LogP contribution is 2.20. The SMILES string of the molecule is Cc1cccc(OCc2nnc(NC(=O)c3cccc(Cl)c3)s2)c1. The van der Waals surface area contributed by atoms with Crippen LogP contribution >= 0.6 is 22.9 Å². The number of nitrogens with one attached hydrogen (secondary N) is 1. The highest BCUT2D eigenvalue weighted by Gasteiger charge is 2.11. The number of amides is 1. The Balaban J connectivity index is 1.60. The van der Waals surface area contributed by atoms with Crippen molar-refractivity contribution in [2.24, 2.45) is 0 Å². The summed E-state index contributed by atoms with van der Waals surface area (Å²) in [5, 5.41) is 12.3. The Kier molecular flexibility index (Phi) is 5.08. The molecular formula is C17H14ClN3O2S. The van der Waals surface area contributed by atoms with Crippen LogP contribution in [0.4, 0.5) is 5.13 Å². The van der Waals surface area contributed by atoms with Gasteiger partial charge >= 0.3 is 0 Å². The molecule has 1 amide bonds. The van der Waals surface area contributed by atoms with Crippen molar-refractivity contribution in [2.45, 2.75) is 13.5 Å². The van der Waals surface area contributed by atoms with Crippen molar-refractivity contribution in [2.75, 3.05) is 5.32 Å². The second kappa shape index (κ2) is 7.42. The van der Waals surface area contributed by atoms with E-state index in [1.165, 1.54) is 11.3 Å². The van der Waals surface area contributed by atoms with Crippen LogP contribution in [0.25, 0.3) is 0 Å². The quantitative estimate of drug-likeness (QED) is 0.736. The summed E-state index contributed by atoms with van der Waals surface area (Å²) in [6, 6.07) is 14.5. The fourth-order valence-corrected chi connectivity index (χ4v) is 2.85. The van der Waals surface area contributed by atoms with E-state index in [-0.39, 0.29) is 5.91 Å². The monoisotopic (exact) mass is 359 g/mol. The molecule has 0 bridgehead atoms. The number of aryl methyl sites for hydroxylation is 1. The molecule has 7 heteroatoms. The van der Waals surface area contributed by atoms with Gasteiger partial charge in [-0.05, 0) is 42.8 Å². The lowest BCUT2D eigenvalue weighted by Crippen LogP contribution is -2.11. The summed E-state index contributed by atoms with van der Waals surface area (Å²) in [4.78, 5) is 12.1. The Morgan fingerprint density at radius 3 is 2.83 bits per heavy atom. The van der Waals surface area contributed by atoms with Crippen LogP contribution in [0.1, 0.15) is 20.9 Å². The maximum atomic E-state index is 12.1. The minimum Gasteiger partial charge on any atom is -0.486 e.